The smallest absolute Gasteiger partial charge is 0.0647 e. The molecule has 0 aromatic carbocycles. The standard InChI is InChI=1S/C12H15NO/c1-9-11(6-3-7-13-9)12-5-2-4-10(12)8-14/h3,6-7,14H,2,4-5,8H2,1H3. The number of pyridine rings is 1. The van der Waals surface area contributed by atoms with E-state index in [0.29, 0.717) is 0 Å². The predicted octanol–water partition coefficient (Wildman–Crippen LogP) is 2.32. The topological polar surface area (TPSA) is 33.1 Å². The average molecular weight is 189 g/mol. The van der Waals surface area contributed by atoms with Gasteiger partial charge in [0, 0.05) is 11.9 Å². The van der Waals surface area contributed by atoms with Crippen molar-refractivity contribution in [3.05, 3.63) is 35.2 Å². The number of rotatable bonds is 2. The molecule has 0 saturated heterocycles. The van der Waals surface area contributed by atoms with Crippen LogP contribution in [-0.4, -0.2) is 16.7 Å². The maximum atomic E-state index is 9.21. The first kappa shape index (κ1) is 9.41. The molecule has 0 aliphatic heterocycles. The SMILES string of the molecule is Cc1ncccc1C1=C(CO)CCC1. The van der Waals surface area contributed by atoms with Crippen molar-refractivity contribution in [2.75, 3.05) is 6.61 Å². The fourth-order valence-corrected chi connectivity index (χ4v) is 2.11. The summed E-state index contributed by atoms with van der Waals surface area (Å²) in [5.41, 5.74) is 4.80. The Bertz CT molecular complexity index is 368. The van der Waals surface area contributed by atoms with E-state index >= 15 is 0 Å². The molecule has 1 aliphatic carbocycles. The summed E-state index contributed by atoms with van der Waals surface area (Å²) < 4.78 is 0. The number of aliphatic hydroxyl groups is 1. The van der Waals surface area contributed by atoms with E-state index in [1.165, 1.54) is 23.1 Å². The summed E-state index contributed by atoms with van der Waals surface area (Å²) in [5, 5.41) is 9.21. The van der Waals surface area contributed by atoms with Crippen LogP contribution in [0.1, 0.15) is 30.5 Å². The van der Waals surface area contributed by atoms with Crippen LogP contribution in [-0.2, 0) is 0 Å². The van der Waals surface area contributed by atoms with E-state index in [9.17, 15) is 5.11 Å². The van der Waals surface area contributed by atoms with Gasteiger partial charge in [0.05, 0.1) is 6.61 Å². The first-order chi connectivity index (χ1) is 6.83. The van der Waals surface area contributed by atoms with Gasteiger partial charge in [-0.25, -0.2) is 0 Å². The Hall–Kier alpha value is -1.15. The zero-order valence-electron chi connectivity index (χ0n) is 8.45. The molecule has 0 unspecified atom stereocenters. The number of hydrogen-bond acceptors (Lipinski definition) is 2. The number of aliphatic hydroxyl groups excluding tert-OH is 1. The first-order valence-corrected chi connectivity index (χ1v) is 5.06. The van der Waals surface area contributed by atoms with E-state index in [1.54, 1.807) is 0 Å². The van der Waals surface area contributed by atoms with E-state index in [2.05, 4.69) is 11.1 Å². The van der Waals surface area contributed by atoms with Gasteiger partial charge in [0.15, 0.2) is 0 Å². The van der Waals surface area contributed by atoms with Crippen LogP contribution in [0.4, 0.5) is 0 Å². The molecule has 1 aromatic heterocycles. The van der Waals surface area contributed by atoms with E-state index in [1.807, 2.05) is 19.2 Å². The normalized spacial score (nSPS) is 16.4. The van der Waals surface area contributed by atoms with Crippen molar-refractivity contribution < 1.29 is 5.11 Å². The van der Waals surface area contributed by atoms with Crippen LogP contribution in [0.2, 0.25) is 0 Å². The molecule has 0 spiro atoms. The van der Waals surface area contributed by atoms with Crippen LogP contribution >= 0.6 is 0 Å². The molecule has 0 saturated carbocycles. The van der Waals surface area contributed by atoms with Crippen molar-refractivity contribution in [3.63, 3.8) is 0 Å². The number of hydrogen-bond donors (Lipinski definition) is 1. The molecule has 2 rings (SSSR count). The van der Waals surface area contributed by atoms with Crippen molar-refractivity contribution in [1.82, 2.24) is 4.98 Å². The van der Waals surface area contributed by atoms with Crippen LogP contribution in [0, 0.1) is 6.92 Å². The lowest BCUT2D eigenvalue weighted by molar-refractivity contribution is 0.329. The van der Waals surface area contributed by atoms with Crippen molar-refractivity contribution in [3.8, 4) is 0 Å². The first-order valence-electron chi connectivity index (χ1n) is 5.06. The Kier molecular flexibility index (Phi) is 2.64. The Morgan fingerprint density at radius 2 is 2.29 bits per heavy atom. The maximum Gasteiger partial charge on any atom is 0.0647 e. The Morgan fingerprint density at radius 1 is 1.43 bits per heavy atom. The number of nitrogens with zero attached hydrogens (tertiary/aromatic N) is 1. The van der Waals surface area contributed by atoms with Crippen LogP contribution in [0.15, 0.2) is 23.9 Å². The third-order valence-electron chi connectivity index (χ3n) is 2.86. The zero-order chi connectivity index (χ0) is 9.97. The van der Waals surface area contributed by atoms with E-state index < -0.39 is 0 Å². The van der Waals surface area contributed by atoms with Crippen molar-refractivity contribution in [2.24, 2.45) is 0 Å². The lowest BCUT2D eigenvalue weighted by atomic mass is 10.0. The summed E-state index contributed by atoms with van der Waals surface area (Å²) in [6.07, 6.45) is 5.11. The fourth-order valence-electron chi connectivity index (χ4n) is 2.11. The van der Waals surface area contributed by atoms with Crippen LogP contribution < -0.4 is 0 Å². The van der Waals surface area contributed by atoms with Gasteiger partial charge < -0.3 is 5.11 Å². The van der Waals surface area contributed by atoms with Gasteiger partial charge in [-0.3, -0.25) is 4.98 Å². The van der Waals surface area contributed by atoms with Crippen LogP contribution in [0.25, 0.3) is 5.57 Å². The monoisotopic (exact) mass is 189 g/mol. The van der Waals surface area contributed by atoms with Gasteiger partial charge in [-0.15, -0.1) is 0 Å². The number of allylic oxidation sites excluding steroid dienone is 1. The van der Waals surface area contributed by atoms with Crippen molar-refractivity contribution in [2.45, 2.75) is 26.2 Å². The van der Waals surface area contributed by atoms with E-state index in [0.717, 1.165) is 18.5 Å². The second-order valence-corrected chi connectivity index (χ2v) is 3.73. The van der Waals surface area contributed by atoms with Gasteiger partial charge in [-0.05, 0) is 49.0 Å². The summed E-state index contributed by atoms with van der Waals surface area (Å²) in [4.78, 5) is 4.28. The summed E-state index contributed by atoms with van der Waals surface area (Å²) in [5.74, 6) is 0. The van der Waals surface area contributed by atoms with Crippen molar-refractivity contribution in [1.29, 1.82) is 0 Å². The molecular formula is C12H15NO. The number of aromatic nitrogens is 1. The lowest BCUT2D eigenvalue weighted by Gasteiger charge is -2.07. The van der Waals surface area contributed by atoms with Gasteiger partial charge >= 0.3 is 0 Å². The summed E-state index contributed by atoms with van der Waals surface area (Å²) in [7, 11) is 0. The summed E-state index contributed by atoms with van der Waals surface area (Å²) in [6, 6.07) is 4.06. The minimum Gasteiger partial charge on any atom is -0.392 e. The molecule has 2 heteroatoms. The third-order valence-corrected chi connectivity index (χ3v) is 2.86. The van der Waals surface area contributed by atoms with Gasteiger partial charge in [-0.2, -0.15) is 0 Å². The minimum atomic E-state index is 0.198. The van der Waals surface area contributed by atoms with Crippen LogP contribution in [0.5, 0.6) is 0 Å². The van der Waals surface area contributed by atoms with Gasteiger partial charge in [-0.1, -0.05) is 6.07 Å². The molecule has 0 radical (unpaired) electrons. The Balaban J connectivity index is 2.44. The molecule has 74 valence electrons. The second kappa shape index (κ2) is 3.93. The van der Waals surface area contributed by atoms with Gasteiger partial charge in [0.25, 0.3) is 0 Å². The molecule has 0 bridgehead atoms. The highest BCUT2D eigenvalue weighted by atomic mass is 16.3. The molecule has 1 aliphatic rings. The minimum absolute atomic E-state index is 0.198. The fraction of sp³-hybridized carbons (Fsp3) is 0.417. The molecule has 1 aromatic rings. The summed E-state index contributed by atoms with van der Waals surface area (Å²) in [6.45, 7) is 2.22. The summed E-state index contributed by atoms with van der Waals surface area (Å²) >= 11 is 0. The molecule has 14 heavy (non-hydrogen) atoms. The lowest BCUT2D eigenvalue weighted by Crippen LogP contribution is -1.94. The molecule has 0 atom stereocenters. The third kappa shape index (κ3) is 1.58. The average Bonchev–Trinajstić information content (AvgIpc) is 2.66. The zero-order valence-corrected chi connectivity index (χ0v) is 8.45. The molecular weight excluding hydrogens is 174 g/mol. The highest BCUT2D eigenvalue weighted by molar-refractivity contribution is 5.71. The van der Waals surface area contributed by atoms with E-state index in [-0.39, 0.29) is 6.61 Å². The second-order valence-electron chi connectivity index (χ2n) is 3.73. The molecule has 0 fully saturated rings. The predicted molar refractivity (Wildman–Crippen MR) is 56.8 cm³/mol. The van der Waals surface area contributed by atoms with Gasteiger partial charge in [0.1, 0.15) is 0 Å². The molecule has 2 nitrogen and oxygen atoms in total. The van der Waals surface area contributed by atoms with E-state index in [4.69, 9.17) is 0 Å². The Morgan fingerprint density at radius 3 is 3.00 bits per heavy atom. The van der Waals surface area contributed by atoms with Crippen molar-refractivity contribution >= 4 is 5.57 Å². The highest BCUT2D eigenvalue weighted by Crippen LogP contribution is 2.34. The molecule has 1 heterocycles. The molecule has 1 N–H and O–H groups in total. The molecule has 0 amide bonds. The van der Waals surface area contributed by atoms with Crippen LogP contribution in [0.3, 0.4) is 0 Å². The Labute approximate surface area is 84.3 Å². The number of aryl methyl sites for hydroxylation is 1. The maximum absolute atomic E-state index is 9.21. The highest BCUT2D eigenvalue weighted by Gasteiger charge is 2.16. The quantitative estimate of drug-likeness (QED) is 0.774. The largest absolute Gasteiger partial charge is 0.392 e. The van der Waals surface area contributed by atoms with Gasteiger partial charge in [0.2, 0.25) is 0 Å².